The number of benzene rings is 2. The van der Waals surface area contributed by atoms with Gasteiger partial charge in [-0.1, -0.05) is 48.9 Å². The molecule has 0 fully saturated rings. The van der Waals surface area contributed by atoms with E-state index >= 15 is 0 Å². The molecular weight excluding hydrogens is 492 g/mol. The lowest BCUT2D eigenvalue weighted by atomic mass is 9.95. The van der Waals surface area contributed by atoms with E-state index in [1.54, 1.807) is 0 Å². The third-order valence-electron chi connectivity index (χ3n) is 6.52. The standard InChI is InChI=1S/C29H27ClN2O3S/c1-3-16-35-29(34)25-21-9-5-7-11-23(21)36-28(25)32-27(33)24-17(2)26(18-12-14-19(30)15-13-18)31-22-10-6-4-8-20(22)24/h4,6,8,10,12-15H,3,5,7,9,11,16H2,1-2H3,(H,32,33). The van der Waals surface area contributed by atoms with E-state index in [1.807, 2.05) is 62.4 Å². The lowest BCUT2D eigenvalue weighted by Gasteiger charge is -2.15. The van der Waals surface area contributed by atoms with Crippen LogP contribution in [0.15, 0.2) is 48.5 Å². The molecule has 0 unspecified atom stereocenters. The lowest BCUT2D eigenvalue weighted by molar-refractivity contribution is 0.0505. The number of fused-ring (bicyclic) bond motifs is 2. The fourth-order valence-electron chi connectivity index (χ4n) is 4.79. The molecule has 2 heterocycles. The highest BCUT2D eigenvalue weighted by atomic mass is 35.5. The Morgan fingerprint density at radius 3 is 2.58 bits per heavy atom. The van der Waals surface area contributed by atoms with Crippen LogP contribution in [0.25, 0.3) is 22.2 Å². The number of rotatable bonds is 6. The summed E-state index contributed by atoms with van der Waals surface area (Å²) in [6.07, 6.45) is 4.61. The van der Waals surface area contributed by atoms with Gasteiger partial charge in [-0.2, -0.15) is 0 Å². The minimum absolute atomic E-state index is 0.260. The second-order valence-electron chi connectivity index (χ2n) is 8.99. The van der Waals surface area contributed by atoms with Crippen molar-refractivity contribution >= 4 is 50.7 Å². The molecular formula is C29H27ClN2O3S. The van der Waals surface area contributed by atoms with Gasteiger partial charge in [-0.3, -0.25) is 4.79 Å². The summed E-state index contributed by atoms with van der Waals surface area (Å²) >= 11 is 7.60. The van der Waals surface area contributed by atoms with Gasteiger partial charge in [0.15, 0.2) is 0 Å². The molecule has 0 bridgehead atoms. The van der Waals surface area contributed by atoms with Crippen LogP contribution >= 0.6 is 22.9 Å². The lowest BCUT2D eigenvalue weighted by Crippen LogP contribution is -2.18. The topological polar surface area (TPSA) is 68.3 Å². The van der Waals surface area contributed by atoms with Crippen molar-refractivity contribution in [3.63, 3.8) is 0 Å². The van der Waals surface area contributed by atoms with Crippen molar-refractivity contribution in [2.45, 2.75) is 46.0 Å². The van der Waals surface area contributed by atoms with Gasteiger partial charge < -0.3 is 10.1 Å². The van der Waals surface area contributed by atoms with Crippen molar-refractivity contribution in [3.8, 4) is 11.3 Å². The number of hydrogen-bond acceptors (Lipinski definition) is 5. The summed E-state index contributed by atoms with van der Waals surface area (Å²) in [5, 5.41) is 5.07. The van der Waals surface area contributed by atoms with E-state index in [9.17, 15) is 9.59 Å². The number of ether oxygens (including phenoxy) is 1. The number of hydrogen-bond donors (Lipinski definition) is 1. The fourth-order valence-corrected chi connectivity index (χ4v) is 6.19. The predicted octanol–water partition coefficient (Wildman–Crippen LogP) is 7.62. The molecule has 1 aliphatic carbocycles. The second kappa shape index (κ2) is 10.4. The van der Waals surface area contributed by atoms with Crippen LogP contribution in [0.2, 0.25) is 5.02 Å². The van der Waals surface area contributed by atoms with E-state index in [1.165, 1.54) is 11.3 Å². The number of para-hydroxylation sites is 1. The molecule has 0 atom stereocenters. The van der Waals surface area contributed by atoms with Crippen molar-refractivity contribution in [2.24, 2.45) is 0 Å². The maximum atomic E-state index is 13.9. The average Bonchev–Trinajstić information content (AvgIpc) is 3.25. The maximum absolute atomic E-state index is 13.9. The molecule has 1 aliphatic rings. The van der Waals surface area contributed by atoms with Crippen LogP contribution in [-0.2, 0) is 17.6 Å². The minimum atomic E-state index is -0.357. The summed E-state index contributed by atoms with van der Waals surface area (Å²) in [5.41, 5.74) is 5.20. The zero-order chi connectivity index (χ0) is 25.2. The first-order chi connectivity index (χ1) is 17.5. The quantitative estimate of drug-likeness (QED) is 0.266. The smallest absolute Gasteiger partial charge is 0.341 e. The average molecular weight is 519 g/mol. The van der Waals surface area contributed by atoms with Gasteiger partial charge in [0.2, 0.25) is 0 Å². The van der Waals surface area contributed by atoms with Crippen molar-refractivity contribution in [1.29, 1.82) is 0 Å². The zero-order valence-electron chi connectivity index (χ0n) is 20.3. The normalized spacial score (nSPS) is 12.9. The molecule has 0 spiro atoms. The number of pyridine rings is 1. The molecule has 2 aromatic heterocycles. The van der Waals surface area contributed by atoms with Gasteiger partial charge in [-0.05, 0) is 68.4 Å². The van der Waals surface area contributed by atoms with Crippen LogP contribution in [0.4, 0.5) is 5.00 Å². The second-order valence-corrected chi connectivity index (χ2v) is 10.5. The Kier molecular flexibility index (Phi) is 7.08. The summed E-state index contributed by atoms with van der Waals surface area (Å²) in [4.78, 5) is 32.9. The number of carbonyl (C=O) groups is 2. The molecule has 0 saturated carbocycles. The third kappa shape index (κ3) is 4.63. The van der Waals surface area contributed by atoms with Gasteiger partial charge in [0.25, 0.3) is 5.91 Å². The summed E-state index contributed by atoms with van der Waals surface area (Å²) in [5.74, 6) is -0.617. The molecule has 184 valence electrons. The molecule has 0 aliphatic heterocycles. The Balaban J connectivity index is 1.60. The highest BCUT2D eigenvalue weighted by Crippen LogP contribution is 2.39. The van der Waals surface area contributed by atoms with Crippen LogP contribution in [0, 0.1) is 6.92 Å². The van der Waals surface area contributed by atoms with Crippen molar-refractivity contribution in [3.05, 3.63) is 80.7 Å². The van der Waals surface area contributed by atoms with E-state index in [-0.39, 0.29) is 11.9 Å². The summed E-state index contributed by atoms with van der Waals surface area (Å²) in [6.45, 7) is 4.23. The SMILES string of the molecule is CCCOC(=O)c1c(NC(=O)c2c(C)c(-c3ccc(Cl)cc3)nc3ccccc23)sc2c1CCCC2. The first-order valence-corrected chi connectivity index (χ1v) is 13.5. The number of esters is 1. The maximum Gasteiger partial charge on any atom is 0.341 e. The first-order valence-electron chi connectivity index (χ1n) is 12.3. The molecule has 0 radical (unpaired) electrons. The minimum Gasteiger partial charge on any atom is -0.462 e. The van der Waals surface area contributed by atoms with E-state index in [2.05, 4.69) is 5.32 Å². The van der Waals surface area contributed by atoms with E-state index < -0.39 is 0 Å². The van der Waals surface area contributed by atoms with E-state index in [0.717, 1.165) is 70.3 Å². The molecule has 4 aromatic rings. The molecule has 1 amide bonds. The van der Waals surface area contributed by atoms with Crippen LogP contribution < -0.4 is 5.32 Å². The first kappa shape index (κ1) is 24.5. The molecule has 2 aromatic carbocycles. The Morgan fingerprint density at radius 2 is 1.81 bits per heavy atom. The van der Waals surface area contributed by atoms with Gasteiger partial charge >= 0.3 is 5.97 Å². The van der Waals surface area contributed by atoms with Crippen LogP contribution in [0.5, 0.6) is 0 Å². The summed E-state index contributed by atoms with van der Waals surface area (Å²) in [6, 6.07) is 15.1. The largest absolute Gasteiger partial charge is 0.462 e. The number of halogens is 1. The van der Waals surface area contributed by atoms with Gasteiger partial charge in [-0.15, -0.1) is 11.3 Å². The number of thiophene rings is 1. The van der Waals surface area contributed by atoms with Gasteiger partial charge in [0, 0.05) is 20.8 Å². The Bertz CT molecular complexity index is 1460. The van der Waals surface area contributed by atoms with Crippen LogP contribution in [0.3, 0.4) is 0 Å². The molecule has 5 rings (SSSR count). The number of amides is 1. The highest BCUT2D eigenvalue weighted by Gasteiger charge is 2.28. The molecule has 5 nitrogen and oxygen atoms in total. The number of nitrogens with one attached hydrogen (secondary N) is 1. The fraction of sp³-hybridized carbons (Fsp3) is 0.276. The highest BCUT2D eigenvalue weighted by molar-refractivity contribution is 7.17. The molecule has 36 heavy (non-hydrogen) atoms. The molecule has 0 saturated heterocycles. The Morgan fingerprint density at radius 1 is 1.06 bits per heavy atom. The van der Waals surface area contributed by atoms with E-state index in [0.29, 0.717) is 27.8 Å². The van der Waals surface area contributed by atoms with Gasteiger partial charge in [-0.25, -0.2) is 9.78 Å². The van der Waals surface area contributed by atoms with Gasteiger partial charge in [0.05, 0.1) is 28.9 Å². The third-order valence-corrected chi connectivity index (χ3v) is 7.98. The van der Waals surface area contributed by atoms with Crippen molar-refractivity contribution in [1.82, 2.24) is 4.98 Å². The van der Waals surface area contributed by atoms with Crippen molar-refractivity contribution < 1.29 is 14.3 Å². The number of anilines is 1. The molecule has 1 N–H and O–H groups in total. The monoisotopic (exact) mass is 518 g/mol. The number of nitrogens with zero attached hydrogens (tertiary/aromatic N) is 1. The summed E-state index contributed by atoms with van der Waals surface area (Å²) in [7, 11) is 0. The Hall–Kier alpha value is -3.22. The predicted molar refractivity (Wildman–Crippen MR) is 146 cm³/mol. The zero-order valence-corrected chi connectivity index (χ0v) is 21.9. The van der Waals surface area contributed by atoms with Crippen LogP contribution in [-0.4, -0.2) is 23.5 Å². The number of aryl methyl sites for hydroxylation is 1. The number of aromatic nitrogens is 1. The van der Waals surface area contributed by atoms with Crippen LogP contribution in [0.1, 0.15) is 62.9 Å². The summed E-state index contributed by atoms with van der Waals surface area (Å²) < 4.78 is 5.51. The van der Waals surface area contributed by atoms with Gasteiger partial charge in [0.1, 0.15) is 5.00 Å². The number of carbonyl (C=O) groups excluding carboxylic acids is 2. The Labute approximate surface area is 219 Å². The molecule has 7 heteroatoms. The van der Waals surface area contributed by atoms with E-state index in [4.69, 9.17) is 21.3 Å². The van der Waals surface area contributed by atoms with Crippen molar-refractivity contribution in [2.75, 3.05) is 11.9 Å².